The summed E-state index contributed by atoms with van der Waals surface area (Å²) in [5, 5.41) is 16.0. The van der Waals surface area contributed by atoms with Crippen molar-refractivity contribution in [2.24, 2.45) is 0 Å². The SMILES string of the molecule is CCCN1CCN(c2ccc(Nc3nccc(Nc4ccc(F)cc4CC#N)n3)cc2Cl)CC1. The minimum atomic E-state index is -0.385. The fraction of sp³-hybridized carbons (Fsp3) is 0.320. The van der Waals surface area contributed by atoms with Gasteiger partial charge < -0.3 is 15.5 Å². The lowest BCUT2D eigenvalue weighted by atomic mass is 10.1. The Morgan fingerprint density at radius 2 is 1.91 bits per heavy atom. The molecule has 0 saturated carbocycles. The molecule has 0 unspecified atom stereocenters. The van der Waals surface area contributed by atoms with Crippen LogP contribution in [0.15, 0.2) is 48.7 Å². The maximum absolute atomic E-state index is 13.6. The van der Waals surface area contributed by atoms with Crippen LogP contribution in [0.4, 0.5) is 33.2 Å². The first-order chi connectivity index (χ1) is 16.6. The zero-order valence-electron chi connectivity index (χ0n) is 19.1. The number of benzene rings is 2. The number of nitrogens with one attached hydrogen (secondary N) is 2. The molecule has 0 amide bonds. The second-order valence-corrected chi connectivity index (χ2v) is 8.55. The monoisotopic (exact) mass is 479 g/mol. The first-order valence-corrected chi connectivity index (χ1v) is 11.7. The molecule has 2 heterocycles. The number of anilines is 5. The molecule has 1 fully saturated rings. The van der Waals surface area contributed by atoms with Crippen LogP contribution in [0, 0.1) is 17.1 Å². The van der Waals surface area contributed by atoms with Gasteiger partial charge in [-0.1, -0.05) is 18.5 Å². The van der Waals surface area contributed by atoms with Gasteiger partial charge in [-0.2, -0.15) is 10.2 Å². The van der Waals surface area contributed by atoms with Crippen LogP contribution in [0.1, 0.15) is 18.9 Å². The summed E-state index contributed by atoms with van der Waals surface area (Å²) in [5.41, 5.74) is 3.00. The molecule has 0 aliphatic carbocycles. The molecule has 9 heteroatoms. The molecule has 1 aromatic heterocycles. The van der Waals surface area contributed by atoms with Gasteiger partial charge in [-0.3, -0.25) is 4.90 Å². The van der Waals surface area contributed by atoms with Crippen molar-refractivity contribution in [2.75, 3.05) is 48.3 Å². The van der Waals surface area contributed by atoms with Gasteiger partial charge in [0.1, 0.15) is 11.6 Å². The lowest BCUT2D eigenvalue weighted by molar-refractivity contribution is 0.258. The van der Waals surface area contributed by atoms with Crippen LogP contribution in [0.25, 0.3) is 0 Å². The Morgan fingerprint density at radius 3 is 2.65 bits per heavy atom. The molecule has 176 valence electrons. The van der Waals surface area contributed by atoms with Gasteiger partial charge in [-0.25, -0.2) is 9.37 Å². The fourth-order valence-corrected chi connectivity index (χ4v) is 4.34. The molecule has 1 saturated heterocycles. The summed E-state index contributed by atoms with van der Waals surface area (Å²) >= 11 is 6.62. The van der Waals surface area contributed by atoms with E-state index < -0.39 is 0 Å². The van der Waals surface area contributed by atoms with E-state index in [-0.39, 0.29) is 12.2 Å². The van der Waals surface area contributed by atoms with Gasteiger partial charge in [0.05, 0.1) is 23.2 Å². The Labute approximate surface area is 204 Å². The molecule has 0 radical (unpaired) electrons. The van der Waals surface area contributed by atoms with Gasteiger partial charge in [0, 0.05) is 43.8 Å². The predicted octanol–water partition coefficient (Wildman–Crippen LogP) is 5.35. The van der Waals surface area contributed by atoms with Gasteiger partial charge >= 0.3 is 0 Å². The summed E-state index contributed by atoms with van der Waals surface area (Å²) in [4.78, 5) is 13.6. The molecule has 4 rings (SSSR count). The predicted molar refractivity (Wildman–Crippen MR) is 135 cm³/mol. The third-order valence-corrected chi connectivity index (χ3v) is 6.01. The van der Waals surface area contributed by atoms with E-state index >= 15 is 0 Å². The molecule has 0 bridgehead atoms. The molecule has 1 aliphatic rings. The number of hydrogen-bond acceptors (Lipinski definition) is 7. The molecule has 7 nitrogen and oxygen atoms in total. The van der Waals surface area contributed by atoms with Crippen LogP contribution in [0.2, 0.25) is 5.02 Å². The summed E-state index contributed by atoms with van der Waals surface area (Å²) in [6.45, 7) is 7.35. The van der Waals surface area contributed by atoms with Crippen molar-refractivity contribution >= 4 is 40.4 Å². The zero-order chi connectivity index (χ0) is 23.9. The van der Waals surface area contributed by atoms with Crippen molar-refractivity contribution < 1.29 is 4.39 Å². The average molecular weight is 480 g/mol. The van der Waals surface area contributed by atoms with Crippen molar-refractivity contribution in [3.63, 3.8) is 0 Å². The molecule has 1 aliphatic heterocycles. The van der Waals surface area contributed by atoms with E-state index in [9.17, 15) is 4.39 Å². The molecule has 34 heavy (non-hydrogen) atoms. The number of piperazine rings is 1. The Bertz CT molecular complexity index is 1170. The summed E-state index contributed by atoms with van der Waals surface area (Å²) in [6.07, 6.45) is 2.89. The summed E-state index contributed by atoms with van der Waals surface area (Å²) in [7, 11) is 0. The first kappa shape index (κ1) is 23.7. The highest BCUT2D eigenvalue weighted by Crippen LogP contribution is 2.31. The average Bonchev–Trinajstić information content (AvgIpc) is 2.82. The van der Waals surface area contributed by atoms with E-state index in [2.05, 4.69) is 43.4 Å². The Morgan fingerprint density at radius 1 is 1.09 bits per heavy atom. The maximum Gasteiger partial charge on any atom is 0.229 e. The van der Waals surface area contributed by atoms with Gasteiger partial charge in [0.15, 0.2) is 0 Å². The largest absolute Gasteiger partial charge is 0.368 e. The number of halogens is 2. The van der Waals surface area contributed by atoms with Gasteiger partial charge in [-0.15, -0.1) is 0 Å². The lowest BCUT2D eigenvalue weighted by Crippen LogP contribution is -2.46. The zero-order valence-corrected chi connectivity index (χ0v) is 19.8. The van der Waals surface area contributed by atoms with E-state index in [0.29, 0.717) is 28.0 Å². The molecular formula is C25H27ClFN7. The van der Waals surface area contributed by atoms with E-state index in [4.69, 9.17) is 16.9 Å². The smallest absolute Gasteiger partial charge is 0.229 e. The quantitative estimate of drug-likeness (QED) is 0.450. The van der Waals surface area contributed by atoms with Crippen LogP contribution < -0.4 is 15.5 Å². The first-order valence-electron chi connectivity index (χ1n) is 11.3. The van der Waals surface area contributed by atoms with Gasteiger partial charge in [0.25, 0.3) is 0 Å². The highest BCUT2D eigenvalue weighted by molar-refractivity contribution is 6.33. The van der Waals surface area contributed by atoms with Gasteiger partial charge in [-0.05, 0) is 61.0 Å². The third-order valence-electron chi connectivity index (χ3n) is 5.71. The topological polar surface area (TPSA) is 80.1 Å². The Kier molecular flexibility index (Phi) is 7.78. The number of rotatable bonds is 8. The lowest BCUT2D eigenvalue weighted by Gasteiger charge is -2.36. The molecule has 0 atom stereocenters. The highest BCUT2D eigenvalue weighted by Gasteiger charge is 2.18. The molecule has 2 aromatic carbocycles. The summed E-state index contributed by atoms with van der Waals surface area (Å²) in [6, 6.07) is 13.9. The minimum absolute atomic E-state index is 0.0920. The van der Waals surface area contributed by atoms with Crippen LogP contribution in [0.5, 0.6) is 0 Å². The summed E-state index contributed by atoms with van der Waals surface area (Å²) in [5.74, 6) is 0.533. The number of hydrogen-bond donors (Lipinski definition) is 2. The second-order valence-electron chi connectivity index (χ2n) is 8.15. The second kappa shape index (κ2) is 11.1. The molecule has 0 spiro atoms. The minimum Gasteiger partial charge on any atom is -0.368 e. The number of nitrogens with zero attached hydrogens (tertiary/aromatic N) is 5. The van der Waals surface area contributed by atoms with E-state index in [1.807, 2.05) is 18.2 Å². The number of aromatic nitrogens is 2. The van der Waals surface area contributed by atoms with Crippen molar-refractivity contribution in [1.29, 1.82) is 5.26 Å². The van der Waals surface area contributed by atoms with E-state index in [1.165, 1.54) is 18.6 Å². The Hall–Kier alpha value is -3.41. The molecular weight excluding hydrogens is 453 g/mol. The van der Waals surface area contributed by atoms with Crippen molar-refractivity contribution in [1.82, 2.24) is 14.9 Å². The van der Waals surface area contributed by atoms with Crippen molar-refractivity contribution in [3.8, 4) is 6.07 Å². The van der Waals surface area contributed by atoms with Crippen LogP contribution in [-0.4, -0.2) is 47.6 Å². The van der Waals surface area contributed by atoms with E-state index in [1.54, 1.807) is 18.3 Å². The normalized spacial score (nSPS) is 14.0. The number of nitriles is 1. The van der Waals surface area contributed by atoms with Crippen molar-refractivity contribution in [2.45, 2.75) is 19.8 Å². The maximum atomic E-state index is 13.6. The molecule has 3 aromatic rings. The Balaban J connectivity index is 1.44. The third kappa shape index (κ3) is 5.93. The van der Waals surface area contributed by atoms with Crippen LogP contribution in [0.3, 0.4) is 0 Å². The van der Waals surface area contributed by atoms with Crippen LogP contribution >= 0.6 is 11.6 Å². The molecule has 2 N–H and O–H groups in total. The summed E-state index contributed by atoms with van der Waals surface area (Å²) < 4.78 is 13.6. The van der Waals surface area contributed by atoms with E-state index in [0.717, 1.165) is 44.1 Å². The highest BCUT2D eigenvalue weighted by atomic mass is 35.5. The van der Waals surface area contributed by atoms with Crippen molar-refractivity contribution in [3.05, 3.63) is 65.1 Å². The fourth-order valence-electron chi connectivity index (χ4n) is 4.04. The standard InChI is InChI=1S/C25H27ClFN7/c1-2-11-33-12-14-34(15-13-33)23-6-4-20(17-21(23)26)30-25-29-10-8-24(32-25)31-22-5-3-19(27)16-18(22)7-9-28/h3-6,8,10,16-17H,2,7,11-15H2,1H3,(H2,29,30,31,32). The van der Waals surface area contributed by atoms with Crippen LogP contribution in [-0.2, 0) is 6.42 Å². The van der Waals surface area contributed by atoms with Gasteiger partial charge in [0.2, 0.25) is 5.95 Å².